The number of hydrogen-bond acceptors (Lipinski definition) is 6. The van der Waals surface area contributed by atoms with E-state index in [1.165, 1.54) is 30.5 Å². The third kappa shape index (κ3) is 5.54. The van der Waals surface area contributed by atoms with Crippen molar-refractivity contribution in [3.8, 4) is 22.6 Å². The fourth-order valence-electron chi connectivity index (χ4n) is 3.39. The number of rotatable bonds is 8. The van der Waals surface area contributed by atoms with Gasteiger partial charge in [0.1, 0.15) is 47.7 Å². The van der Waals surface area contributed by atoms with Crippen LogP contribution in [0.3, 0.4) is 0 Å². The highest BCUT2D eigenvalue weighted by Gasteiger charge is 2.11. The average molecular weight is 453 g/mol. The standard InChI is InChI=1S/C25H21F2NO5/c26-17-7-15(8-18(27)9-17)11-28-12-20(30)13-32-21-5-6-22-24(10-21)33-14-23(25(22)31)16-1-3-19(29)4-2-16/h1-10,14,20,28-30H,11-13H2/t20-/m1/s1. The maximum Gasteiger partial charge on any atom is 0.200 e. The smallest absolute Gasteiger partial charge is 0.200 e. The van der Waals surface area contributed by atoms with Gasteiger partial charge in [-0.1, -0.05) is 12.1 Å². The molecule has 4 rings (SSSR count). The Bertz CT molecular complexity index is 1300. The van der Waals surface area contributed by atoms with Crippen LogP contribution in [0.4, 0.5) is 8.78 Å². The third-order valence-electron chi connectivity index (χ3n) is 5.00. The Morgan fingerprint density at radius 3 is 2.45 bits per heavy atom. The highest BCUT2D eigenvalue weighted by Crippen LogP contribution is 2.24. The topological polar surface area (TPSA) is 91.9 Å². The molecule has 1 aromatic heterocycles. The Hall–Kier alpha value is -3.75. The molecule has 0 bridgehead atoms. The van der Waals surface area contributed by atoms with E-state index in [0.717, 1.165) is 6.07 Å². The van der Waals surface area contributed by atoms with E-state index in [0.29, 0.717) is 33.4 Å². The summed E-state index contributed by atoms with van der Waals surface area (Å²) in [6.07, 6.45) is 0.484. The Kier molecular flexibility index (Phi) is 6.67. The summed E-state index contributed by atoms with van der Waals surface area (Å²) in [7, 11) is 0. The predicted molar refractivity (Wildman–Crippen MR) is 119 cm³/mol. The minimum Gasteiger partial charge on any atom is -0.508 e. The van der Waals surface area contributed by atoms with E-state index < -0.39 is 17.7 Å². The van der Waals surface area contributed by atoms with E-state index in [9.17, 15) is 23.8 Å². The van der Waals surface area contributed by atoms with Crippen molar-refractivity contribution in [2.45, 2.75) is 12.6 Å². The number of aliphatic hydroxyl groups is 1. The minimum absolute atomic E-state index is 0.0359. The Morgan fingerprint density at radius 2 is 1.73 bits per heavy atom. The van der Waals surface area contributed by atoms with Crippen molar-refractivity contribution in [2.75, 3.05) is 13.2 Å². The van der Waals surface area contributed by atoms with E-state index in [1.807, 2.05) is 0 Å². The molecule has 6 nitrogen and oxygen atoms in total. The van der Waals surface area contributed by atoms with Crippen molar-refractivity contribution in [3.63, 3.8) is 0 Å². The second-order valence-corrected chi connectivity index (χ2v) is 7.56. The molecule has 0 radical (unpaired) electrons. The van der Waals surface area contributed by atoms with Crippen molar-refractivity contribution in [1.29, 1.82) is 0 Å². The number of hydrogen-bond donors (Lipinski definition) is 3. The monoisotopic (exact) mass is 453 g/mol. The summed E-state index contributed by atoms with van der Waals surface area (Å²) in [4.78, 5) is 12.8. The zero-order valence-electron chi connectivity index (χ0n) is 17.4. The zero-order valence-corrected chi connectivity index (χ0v) is 17.4. The van der Waals surface area contributed by atoms with Crippen molar-refractivity contribution in [1.82, 2.24) is 5.32 Å². The minimum atomic E-state index is -0.872. The molecule has 8 heteroatoms. The molecule has 0 aliphatic heterocycles. The van der Waals surface area contributed by atoms with Crippen LogP contribution < -0.4 is 15.5 Å². The van der Waals surface area contributed by atoms with E-state index in [2.05, 4.69) is 5.32 Å². The fraction of sp³-hybridized carbons (Fsp3) is 0.160. The molecule has 0 aliphatic carbocycles. The van der Waals surface area contributed by atoms with Crippen LogP contribution in [-0.2, 0) is 6.54 Å². The van der Waals surface area contributed by atoms with Gasteiger partial charge in [0, 0.05) is 25.2 Å². The maximum absolute atomic E-state index is 13.2. The Labute approximate surface area is 187 Å². The van der Waals surface area contributed by atoms with Gasteiger partial charge in [0.15, 0.2) is 5.43 Å². The maximum atomic E-state index is 13.2. The highest BCUT2D eigenvalue weighted by molar-refractivity contribution is 5.82. The first-order chi connectivity index (χ1) is 15.9. The van der Waals surface area contributed by atoms with E-state index in [-0.39, 0.29) is 30.9 Å². The number of benzene rings is 3. The van der Waals surface area contributed by atoms with Crippen molar-refractivity contribution in [2.24, 2.45) is 0 Å². The van der Waals surface area contributed by atoms with Crippen LogP contribution in [0.25, 0.3) is 22.1 Å². The summed E-state index contributed by atoms with van der Waals surface area (Å²) in [5.74, 6) is -0.803. The summed E-state index contributed by atoms with van der Waals surface area (Å²) in [5.41, 5.74) is 1.54. The molecule has 170 valence electrons. The van der Waals surface area contributed by atoms with Gasteiger partial charge < -0.3 is 24.7 Å². The molecule has 3 aromatic carbocycles. The lowest BCUT2D eigenvalue weighted by molar-refractivity contribution is 0.106. The normalized spacial score (nSPS) is 12.1. The van der Waals surface area contributed by atoms with Crippen LogP contribution in [0, 0.1) is 11.6 Å². The van der Waals surface area contributed by atoms with Gasteiger partial charge in [-0.3, -0.25) is 4.79 Å². The zero-order chi connectivity index (χ0) is 23.4. The van der Waals surface area contributed by atoms with Crippen LogP contribution >= 0.6 is 0 Å². The van der Waals surface area contributed by atoms with Gasteiger partial charge in [0.05, 0.1) is 10.9 Å². The summed E-state index contributed by atoms with van der Waals surface area (Å²) in [6, 6.07) is 14.2. The second-order valence-electron chi connectivity index (χ2n) is 7.56. The van der Waals surface area contributed by atoms with Crippen LogP contribution in [0.2, 0.25) is 0 Å². The summed E-state index contributed by atoms with van der Waals surface area (Å²) in [6.45, 7) is 0.304. The first-order valence-corrected chi connectivity index (χ1v) is 10.2. The van der Waals surface area contributed by atoms with Crippen LogP contribution in [0.5, 0.6) is 11.5 Å². The number of halogens is 2. The van der Waals surface area contributed by atoms with Crippen LogP contribution in [-0.4, -0.2) is 29.5 Å². The largest absolute Gasteiger partial charge is 0.508 e. The number of phenolic OH excluding ortho intramolecular Hbond substituents is 1. The molecule has 0 saturated heterocycles. The molecule has 0 spiro atoms. The van der Waals surface area contributed by atoms with Gasteiger partial charge in [0.25, 0.3) is 0 Å². The second kappa shape index (κ2) is 9.81. The Morgan fingerprint density at radius 1 is 1.00 bits per heavy atom. The van der Waals surface area contributed by atoms with Crippen LogP contribution in [0.15, 0.2) is 76.1 Å². The van der Waals surface area contributed by atoms with Gasteiger partial charge >= 0.3 is 0 Å². The molecule has 33 heavy (non-hydrogen) atoms. The molecule has 1 heterocycles. The predicted octanol–water partition coefficient (Wildman–Crippen LogP) is 3.97. The lowest BCUT2D eigenvalue weighted by Gasteiger charge is -2.14. The Balaban J connectivity index is 1.36. The lowest BCUT2D eigenvalue weighted by atomic mass is 10.1. The highest BCUT2D eigenvalue weighted by atomic mass is 19.1. The third-order valence-corrected chi connectivity index (χ3v) is 5.00. The summed E-state index contributed by atoms with van der Waals surface area (Å²) in [5, 5.41) is 22.8. The molecule has 1 atom stereocenters. The van der Waals surface area contributed by atoms with E-state index >= 15 is 0 Å². The number of phenols is 1. The molecular weight excluding hydrogens is 432 g/mol. The summed E-state index contributed by atoms with van der Waals surface area (Å²) >= 11 is 0. The molecule has 0 fully saturated rings. The van der Waals surface area contributed by atoms with Crippen molar-refractivity contribution < 1.29 is 28.1 Å². The van der Waals surface area contributed by atoms with E-state index in [4.69, 9.17) is 9.15 Å². The number of aromatic hydroxyl groups is 1. The molecule has 3 N–H and O–H groups in total. The molecule has 0 aliphatic rings. The molecular formula is C25H21F2NO5. The first-order valence-electron chi connectivity index (χ1n) is 10.2. The molecule has 0 amide bonds. The average Bonchev–Trinajstić information content (AvgIpc) is 2.78. The molecule has 0 saturated carbocycles. The SMILES string of the molecule is O=c1c(-c2ccc(O)cc2)coc2cc(OC[C@H](O)CNCc3cc(F)cc(F)c3)ccc12. The van der Waals surface area contributed by atoms with Gasteiger partial charge in [-0.2, -0.15) is 0 Å². The van der Waals surface area contributed by atoms with Gasteiger partial charge in [-0.15, -0.1) is 0 Å². The summed E-state index contributed by atoms with van der Waals surface area (Å²) < 4.78 is 37.6. The van der Waals surface area contributed by atoms with Gasteiger partial charge in [-0.05, 0) is 47.5 Å². The fourth-order valence-corrected chi connectivity index (χ4v) is 3.39. The van der Waals surface area contributed by atoms with Gasteiger partial charge in [-0.25, -0.2) is 8.78 Å². The quantitative estimate of drug-likeness (QED) is 0.374. The number of aliphatic hydroxyl groups excluding tert-OH is 1. The molecule has 0 unspecified atom stereocenters. The van der Waals surface area contributed by atoms with Gasteiger partial charge in [0.2, 0.25) is 0 Å². The number of ether oxygens (including phenoxy) is 1. The number of fused-ring (bicyclic) bond motifs is 1. The van der Waals surface area contributed by atoms with Crippen molar-refractivity contribution in [3.05, 3.63) is 94.3 Å². The first kappa shape index (κ1) is 22.4. The molecule has 4 aromatic rings. The lowest BCUT2D eigenvalue weighted by Crippen LogP contribution is -2.31. The van der Waals surface area contributed by atoms with Crippen molar-refractivity contribution >= 4 is 11.0 Å². The van der Waals surface area contributed by atoms with E-state index in [1.54, 1.807) is 30.3 Å². The number of nitrogens with one attached hydrogen (secondary N) is 1. The van der Waals surface area contributed by atoms with Crippen LogP contribution in [0.1, 0.15) is 5.56 Å².